The van der Waals surface area contributed by atoms with Crippen molar-refractivity contribution in [1.82, 2.24) is 9.97 Å². The minimum absolute atomic E-state index is 0.137. The van der Waals surface area contributed by atoms with Crippen molar-refractivity contribution in [1.29, 1.82) is 0 Å². The molecule has 0 aliphatic rings. The van der Waals surface area contributed by atoms with E-state index in [1.807, 2.05) is 43.3 Å². The molecule has 0 spiro atoms. The molecule has 0 saturated heterocycles. The summed E-state index contributed by atoms with van der Waals surface area (Å²) >= 11 is 0. The normalized spacial score (nSPS) is 10.6. The Morgan fingerprint density at radius 1 is 1.00 bits per heavy atom. The Bertz CT molecular complexity index is 1180. The number of nitrogens with zero attached hydrogens (tertiary/aromatic N) is 2. The molecule has 2 aromatic carbocycles. The summed E-state index contributed by atoms with van der Waals surface area (Å²) in [6.45, 7) is 3.60. The number of unbranched alkanes of at least 4 members (excludes halogenated alkanes) is 3. The molecule has 0 unspecified atom stereocenters. The second-order valence-corrected chi connectivity index (χ2v) is 8.05. The molecular formula is C28H33N3O5. The van der Waals surface area contributed by atoms with Gasteiger partial charge in [0.05, 0.1) is 25.3 Å². The number of hydrogen-bond acceptors (Lipinski definition) is 8. The molecule has 8 nitrogen and oxygen atoms in total. The molecule has 0 saturated carbocycles. The molecule has 1 aromatic heterocycles. The van der Waals surface area contributed by atoms with Crippen molar-refractivity contribution >= 4 is 28.4 Å². The van der Waals surface area contributed by atoms with E-state index in [2.05, 4.69) is 21.2 Å². The molecule has 8 heteroatoms. The predicted octanol–water partition coefficient (Wildman–Crippen LogP) is 5.27. The Balaban J connectivity index is 1.69. The Kier molecular flexibility index (Phi) is 10.8. The SMILES string of the molecule is C#Cc1cccc(Nc2ncnc3cc(OCCCCCCC(=O)OCC)c(OCCOC)cc23)c1. The van der Waals surface area contributed by atoms with Gasteiger partial charge in [-0.15, -0.1) is 6.42 Å². The van der Waals surface area contributed by atoms with Gasteiger partial charge in [0.1, 0.15) is 18.8 Å². The number of aromatic nitrogens is 2. The van der Waals surface area contributed by atoms with E-state index in [1.165, 1.54) is 6.33 Å². The van der Waals surface area contributed by atoms with Crippen LogP contribution in [0.5, 0.6) is 11.5 Å². The van der Waals surface area contributed by atoms with E-state index in [9.17, 15) is 4.79 Å². The lowest BCUT2D eigenvalue weighted by molar-refractivity contribution is -0.143. The number of methoxy groups -OCH3 is 1. The third-order valence-corrected chi connectivity index (χ3v) is 5.38. The van der Waals surface area contributed by atoms with Gasteiger partial charge in [-0.3, -0.25) is 4.79 Å². The summed E-state index contributed by atoms with van der Waals surface area (Å²) in [5.41, 5.74) is 2.33. The van der Waals surface area contributed by atoms with E-state index in [0.29, 0.717) is 50.2 Å². The van der Waals surface area contributed by atoms with Crippen LogP contribution in [0.2, 0.25) is 0 Å². The minimum atomic E-state index is -0.137. The molecule has 0 aliphatic carbocycles. The number of carbonyl (C=O) groups is 1. The maximum Gasteiger partial charge on any atom is 0.305 e. The number of rotatable bonds is 15. The number of fused-ring (bicyclic) bond motifs is 1. The van der Waals surface area contributed by atoms with Gasteiger partial charge in [-0.1, -0.05) is 24.8 Å². The summed E-state index contributed by atoms with van der Waals surface area (Å²) in [5, 5.41) is 4.12. The third kappa shape index (κ3) is 8.14. The molecule has 0 atom stereocenters. The van der Waals surface area contributed by atoms with Crippen LogP contribution in [0.3, 0.4) is 0 Å². The number of anilines is 2. The van der Waals surface area contributed by atoms with Crippen LogP contribution >= 0.6 is 0 Å². The maximum absolute atomic E-state index is 11.4. The van der Waals surface area contributed by atoms with Crippen molar-refractivity contribution in [3.05, 3.63) is 48.3 Å². The molecule has 0 amide bonds. The molecule has 3 aromatic rings. The van der Waals surface area contributed by atoms with Crippen LogP contribution in [-0.2, 0) is 14.3 Å². The number of esters is 1. The van der Waals surface area contributed by atoms with E-state index in [-0.39, 0.29) is 5.97 Å². The van der Waals surface area contributed by atoms with Gasteiger partial charge in [-0.25, -0.2) is 9.97 Å². The van der Waals surface area contributed by atoms with Gasteiger partial charge < -0.3 is 24.3 Å². The zero-order chi connectivity index (χ0) is 25.6. The first-order valence-electron chi connectivity index (χ1n) is 12.2. The molecule has 1 N–H and O–H groups in total. The van der Waals surface area contributed by atoms with E-state index in [1.54, 1.807) is 7.11 Å². The summed E-state index contributed by atoms with van der Waals surface area (Å²) in [4.78, 5) is 20.3. The van der Waals surface area contributed by atoms with Crippen molar-refractivity contribution in [2.24, 2.45) is 0 Å². The number of benzene rings is 2. The smallest absolute Gasteiger partial charge is 0.305 e. The van der Waals surface area contributed by atoms with Gasteiger partial charge in [0.15, 0.2) is 11.5 Å². The van der Waals surface area contributed by atoms with E-state index in [0.717, 1.165) is 47.8 Å². The van der Waals surface area contributed by atoms with Crippen molar-refractivity contribution < 1.29 is 23.7 Å². The number of nitrogens with one attached hydrogen (secondary N) is 1. The standard InChI is InChI=1S/C28H33N3O5/c1-4-21-11-10-12-22(17-21)31-28-23-18-25(36-16-15-33-3)26(19-24(23)29-20-30-28)35-14-9-7-6-8-13-27(32)34-5-2/h1,10-12,17-20H,5-9,13-16H2,2-3H3,(H,29,30,31). The second kappa shape index (κ2) is 14.5. The van der Waals surface area contributed by atoms with Crippen LogP contribution < -0.4 is 14.8 Å². The lowest BCUT2D eigenvalue weighted by atomic mass is 10.1. The number of ether oxygens (including phenoxy) is 4. The maximum atomic E-state index is 11.4. The summed E-state index contributed by atoms with van der Waals surface area (Å²) < 4.78 is 22.1. The van der Waals surface area contributed by atoms with E-state index < -0.39 is 0 Å². The highest BCUT2D eigenvalue weighted by molar-refractivity contribution is 5.93. The Labute approximate surface area is 212 Å². The van der Waals surface area contributed by atoms with Gasteiger partial charge in [-0.2, -0.15) is 0 Å². The minimum Gasteiger partial charge on any atom is -0.490 e. The fourth-order valence-electron chi connectivity index (χ4n) is 3.59. The first-order chi connectivity index (χ1) is 17.6. The van der Waals surface area contributed by atoms with Crippen LogP contribution in [0.1, 0.15) is 44.6 Å². The third-order valence-electron chi connectivity index (χ3n) is 5.38. The second-order valence-electron chi connectivity index (χ2n) is 8.05. The fourth-order valence-corrected chi connectivity index (χ4v) is 3.59. The summed E-state index contributed by atoms with van der Waals surface area (Å²) in [7, 11) is 1.63. The van der Waals surface area contributed by atoms with Gasteiger partial charge in [0.2, 0.25) is 0 Å². The first kappa shape index (κ1) is 26.8. The summed E-state index contributed by atoms with van der Waals surface area (Å²) in [5.74, 6) is 4.35. The monoisotopic (exact) mass is 491 g/mol. The van der Waals surface area contributed by atoms with Crippen LogP contribution in [-0.4, -0.2) is 49.5 Å². The molecule has 1 heterocycles. The number of carbonyl (C=O) groups excluding carboxylic acids is 1. The highest BCUT2D eigenvalue weighted by Crippen LogP contribution is 2.35. The van der Waals surface area contributed by atoms with Crippen LogP contribution in [0.15, 0.2) is 42.7 Å². The van der Waals surface area contributed by atoms with Crippen LogP contribution in [0, 0.1) is 12.3 Å². The van der Waals surface area contributed by atoms with E-state index >= 15 is 0 Å². The molecular weight excluding hydrogens is 458 g/mol. The van der Waals surface area contributed by atoms with Crippen LogP contribution in [0.4, 0.5) is 11.5 Å². The van der Waals surface area contributed by atoms with Crippen molar-refractivity contribution in [2.45, 2.75) is 39.0 Å². The Morgan fingerprint density at radius 2 is 1.81 bits per heavy atom. The highest BCUT2D eigenvalue weighted by Gasteiger charge is 2.13. The van der Waals surface area contributed by atoms with E-state index in [4.69, 9.17) is 25.4 Å². The van der Waals surface area contributed by atoms with Crippen molar-refractivity contribution in [2.75, 3.05) is 38.9 Å². The molecule has 0 fully saturated rings. The molecule has 0 aliphatic heterocycles. The zero-order valence-corrected chi connectivity index (χ0v) is 20.9. The zero-order valence-electron chi connectivity index (χ0n) is 20.9. The van der Waals surface area contributed by atoms with Crippen LogP contribution in [0.25, 0.3) is 10.9 Å². The number of hydrogen-bond donors (Lipinski definition) is 1. The van der Waals surface area contributed by atoms with Gasteiger partial charge in [-0.05, 0) is 44.0 Å². The van der Waals surface area contributed by atoms with Crippen molar-refractivity contribution in [3.8, 4) is 23.8 Å². The Hall–Kier alpha value is -3.83. The lowest BCUT2D eigenvalue weighted by Gasteiger charge is -2.15. The molecule has 0 radical (unpaired) electrons. The lowest BCUT2D eigenvalue weighted by Crippen LogP contribution is -2.07. The quantitative estimate of drug-likeness (QED) is 0.175. The Morgan fingerprint density at radius 3 is 2.61 bits per heavy atom. The largest absolute Gasteiger partial charge is 0.490 e. The first-order valence-corrected chi connectivity index (χ1v) is 12.2. The molecule has 0 bridgehead atoms. The fraction of sp³-hybridized carbons (Fsp3) is 0.393. The molecule has 190 valence electrons. The summed E-state index contributed by atoms with van der Waals surface area (Å²) in [6, 6.07) is 11.3. The topological polar surface area (TPSA) is 91.8 Å². The van der Waals surface area contributed by atoms with Crippen molar-refractivity contribution in [3.63, 3.8) is 0 Å². The molecule has 3 rings (SSSR count). The molecule has 36 heavy (non-hydrogen) atoms. The average molecular weight is 492 g/mol. The van der Waals surface area contributed by atoms with Gasteiger partial charge in [0, 0.05) is 36.2 Å². The van der Waals surface area contributed by atoms with Gasteiger partial charge >= 0.3 is 5.97 Å². The average Bonchev–Trinajstić information content (AvgIpc) is 2.89. The summed E-state index contributed by atoms with van der Waals surface area (Å²) in [6.07, 6.45) is 11.1. The number of terminal acetylenes is 1. The van der Waals surface area contributed by atoms with Gasteiger partial charge in [0.25, 0.3) is 0 Å². The predicted molar refractivity (Wildman–Crippen MR) is 140 cm³/mol. The highest BCUT2D eigenvalue weighted by atomic mass is 16.5.